The lowest BCUT2D eigenvalue weighted by Crippen LogP contribution is -2.10. The van der Waals surface area contributed by atoms with Gasteiger partial charge < -0.3 is 5.32 Å². The molecule has 0 fully saturated rings. The van der Waals surface area contributed by atoms with Crippen molar-refractivity contribution in [2.24, 2.45) is 0 Å². The summed E-state index contributed by atoms with van der Waals surface area (Å²) in [6.45, 7) is 3.13. The smallest absolute Gasteiger partial charge is 0.0590 e. The highest BCUT2D eigenvalue weighted by molar-refractivity contribution is 9.10. The summed E-state index contributed by atoms with van der Waals surface area (Å²) in [5.74, 6) is 0.483. The van der Waals surface area contributed by atoms with Crippen LogP contribution in [0, 0.1) is 0 Å². The second-order valence-electron chi connectivity index (χ2n) is 4.05. The van der Waals surface area contributed by atoms with E-state index in [-0.39, 0.29) is 0 Å². The second kappa shape index (κ2) is 5.82. The maximum absolute atomic E-state index is 4.04. The summed E-state index contributed by atoms with van der Waals surface area (Å²) in [7, 11) is 0. The van der Waals surface area contributed by atoms with Crippen LogP contribution in [-0.2, 0) is 0 Å². The highest BCUT2D eigenvalue weighted by atomic mass is 79.9. The van der Waals surface area contributed by atoms with Crippen molar-refractivity contribution in [3.8, 4) is 0 Å². The second-order valence-corrected chi connectivity index (χ2v) is 4.90. The number of hydrogen-bond donors (Lipinski definition) is 1. The molecule has 0 spiro atoms. The molecule has 1 N–H and O–H groups in total. The molecule has 1 atom stereocenters. The first-order chi connectivity index (χ1) is 8.27. The minimum atomic E-state index is 0.483. The average molecular weight is 291 g/mol. The maximum atomic E-state index is 4.04. The number of benzene rings is 1. The Morgan fingerprint density at radius 1 is 1.24 bits per heavy atom. The van der Waals surface area contributed by atoms with Gasteiger partial charge in [0.2, 0.25) is 0 Å². The number of nitrogens with one attached hydrogen (secondary N) is 1. The number of hydrogen-bond acceptors (Lipinski definition) is 2. The van der Waals surface area contributed by atoms with Crippen LogP contribution < -0.4 is 5.32 Å². The summed E-state index contributed by atoms with van der Waals surface area (Å²) in [6.07, 6.45) is 3.59. The lowest BCUT2D eigenvalue weighted by molar-refractivity contribution is 0.804. The van der Waals surface area contributed by atoms with Crippen molar-refractivity contribution in [2.75, 3.05) is 11.9 Å². The summed E-state index contributed by atoms with van der Waals surface area (Å²) < 4.78 is 1.00. The molecule has 0 radical (unpaired) electrons. The van der Waals surface area contributed by atoms with E-state index in [0.717, 1.165) is 16.7 Å². The zero-order valence-corrected chi connectivity index (χ0v) is 11.3. The molecule has 2 nitrogen and oxygen atoms in total. The third kappa shape index (κ3) is 3.30. The summed E-state index contributed by atoms with van der Waals surface area (Å²) >= 11 is 3.48. The minimum absolute atomic E-state index is 0.483. The van der Waals surface area contributed by atoms with Crippen LogP contribution in [-0.4, -0.2) is 11.5 Å². The Morgan fingerprint density at radius 3 is 2.71 bits per heavy atom. The van der Waals surface area contributed by atoms with Crippen LogP contribution >= 0.6 is 15.9 Å². The van der Waals surface area contributed by atoms with Gasteiger partial charge in [0, 0.05) is 18.9 Å². The maximum Gasteiger partial charge on any atom is 0.0590 e. The van der Waals surface area contributed by atoms with Gasteiger partial charge in [-0.15, -0.1) is 0 Å². The van der Waals surface area contributed by atoms with Gasteiger partial charge in [-0.05, 0) is 33.5 Å². The number of pyridine rings is 1. The van der Waals surface area contributed by atoms with Crippen molar-refractivity contribution >= 4 is 21.6 Å². The molecule has 0 amide bonds. The fraction of sp³-hybridized carbons (Fsp3) is 0.214. The number of rotatable bonds is 4. The standard InChI is InChI=1S/C14H15BrN2/c1-11(12-5-3-2-4-6-12)9-17-14-7-8-16-10-13(14)15/h2-8,10-11H,9H2,1H3,(H,16,17). The van der Waals surface area contributed by atoms with E-state index in [4.69, 9.17) is 0 Å². The molecule has 17 heavy (non-hydrogen) atoms. The molecule has 1 aromatic carbocycles. The van der Waals surface area contributed by atoms with E-state index in [0.29, 0.717) is 5.92 Å². The van der Waals surface area contributed by atoms with E-state index < -0.39 is 0 Å². The van der Waals surface area contributed by atoms with Gasteiger partial charge in [0.1, 0.15) is 0 Å². The SMILES string of the molecule is CC(CNc1ccncc1Br)c1ccccc1. The van der Waals surface area contributed by atoms with Gasteiger partial charge in [0.15, 0.2) is 0 Å². The van der Waals surface area contributed by atoms with E-state index in [1.54, 1.807) is 12.4 Å². The Bertz CT molecular complexity index is 471. The Morgan fingerprint density at radius 2 is 2.00 bits per heavy atom. The van der Waals surface area contributed by atoms with Gasteiger partial charge in [-0.2, -0.15) is 0 Å². The Kier molecular flexibility index (Phi) is 4.15. The number of anilines is 1. The fourth-order valence-corrected chi connectivity index (χ4v) is 2.07. The summed E-state index contributed by atoms with van der Waals surface area (Å²) in [6, 6.07) is 12.5. The Balaban J connectivity index is 1.97. The first-order valence-corrected chi connectivity index (χ1v) is 6.45. The molecule has 3 heteroatoms. The van der Waals surface area contributed by atoms with E-state index in [1.807, 2.05) is 12.1 Å². The summed E-state index contributed by atoms with van der Waals surface area (Å²) in [5.41, 5.74) is 2.44. The van der Waals surface area contributed by atoms with Crippen LogP contribution in [0.5, 0.6) is 0 Å². The van der Waals surface area contributed by atoms with Gasteiger partial charge in [-0.1, -0.05) is 37.3 Å². The molecule has 88 valence electrons. The molecule has 2 aromatic rings. The normalized spacial score (nSPS) is 12.1. The van der Waals surface area contributed by atoms with Gasteiger partial charge in [0.25, 0.3) is 0 Å². The predicted molar refractivity (Wildman–Crippen MR) is 75.3 cm³/mol. The van der Waals surface area contributed by atoms with Crippen molar-refractivity contribution in [3.05, 3.63) is 58.8 Å². The lowest BCUT2D eigenvalue weighted by Gasteiger charge is -2.14. The van der Waals surface area contributed by atoms with E-state index in [2.05, 4.69) is 57.4 Å². The largest absolute Gasteiger partial charge is 0.383 e. The van der Waals surface area contributed by atoms with Crippen molar-refractivity contribution in [1.82, 2.24) is 4.98 Å². The van der Waals surface area contributed by atoms with Crippen molar-refractivity contribution < 1.29 is 0 Å². The van der Waals surface area contributed by atoms with E-state index in [9.17, 15) is 0 Å². The van der Waals surface area contributed by atoms with Crippen LogP contribution in [0.4, 0.5) is 5.69 Å². The van der Waals surface area contributed by atoms with E-state index in [1.165, 1.54) is 5.56 Å². The summed E-state index contributed by atoms with van der Waals surface area (Å²) in [5, 5.41) is 3.42. The van der Waals surface area contributed by atoms with Crippen LogP contribution in [0.15, 0.2) is 53.3 Å². The molecule has 0 aliphatic rings. The van der Waals surface area contributed by atoms with Crippen LogP contribution in [0.2, 0.25) is 0 Å². The first kappa shape index (κ1) is 12.1. The molecule has 1 heterocycles. The van der Waals surface area contributed by atoms with E-state index >= 15 is 0 Å². The molecule has 1 unspecified atom stereocenters. The van der Waals surface area contributed by atoms with Crippen molar-refractivity contribution in [1.29, 1.82) is 0 Å². The van der Waals surface area contributed by atoms with Gasteiger partial charge in [-0.25, -0.2) is 0 Å². The topological polar surface area (TPSA) is 24.9 Å². The van der Waals surface area contributed by atoms with Gasteiger partial charge in [-0.3, -0.25) is 4.98 Å². The third-order valence-electron chi connectivity index (χ3n) is 2.74. The molecule has 2 rings (SSSR count). The zero-order valence-electron chi connectivity index (χ0n) is 9.73. The number of halogens is 1. The predicted octanol–water partition coefficient (Wildman–Crippen LogP) is 4.06. The average Bonchev–Trinajstić information content (AvgIpc) is 2.38. The molecule has 0 aliphatic carbocycles. The minimum Gasteiger partial charge on any atom is -0.383 e. The zero-order chi connectivity index (χ0) is 12.1. The molecule has 0 bridgehead atoms. The van der Waals surface area contributed by atoms with Crippen LogP contribution in [0.3, 0.4) is 0 Å². The highest BCUT2D eigenvalue weighted by Gasteiger charge is 2.05. The molecule has 0 saturated heterocycles. The molecular weight excluding hydrogens is 276 g/mol. The monoisotopic (exact) mass is 290 g/mol. The van der Waals surface area contributed by atoms with Crippen LogP contribution in [0.1, 0.15) is 18.4 Å². The van der Waals surface area contributed by atoms with Crippen LogP contribution in [0.25, 0.3) is 0 Å². The summed E-state index contributed by atoms with van der Waals surface area (Å²) in [4.78, 5) is 4.04. The highest BCUT2D eigenvalue weighted by Crippen LogP contribution is 2.22. The Labute approximate surface area is 110 Å². The molecule has 0 saturated carbocycles. The number of nitrogens with zero attached hydrogens (tertiary/aromatic N) is 1. The molecule has 1 aromatic heterocycles. The Hall–Kier alpha value is -1.35. The first-order valence-electron chi connectivity index (χ1n) is 5.65. The number of aromatic nitrogens is 1. The lowest BCUT2D eigenvalue weighted by atomic mass is 10.0. The van der Waals surface area contributed by atoms with Gasteiger partial charge in [0.05, 0.1) is 10.2 Å². The third-order valence-corrected chi connectivity index (χ3v) is 3.37. The fourth-order valence-electron chi connectivity index (χ4n) is 1.68. The molecule has 0 aliphatic heterocycles. The van der Waals surface area contributed by atoms with Gasteiger partial charge >= 0.3 is 0 Å². The quantitative estimate of drug-likeness (QED) is 0.919. The molecular formula is C14H15BrN2. The van der Waals surface area contributed by atoms with Crippen molar-refractivity contribution in [2.45, 2.75) is 12.8 Å². The van der Waals surface area contributed by atoms with Crippen molar-refractivity contribution in [3.63, 3.8) is 0 Å².